The fourth-order valence-electron chi connectivity index (χ4n) is 4.51. The zero-order valence-corrected chi connectivity index (χ0v) is 19.8. The summed E-state index contributed by atoms with van der Waals surface area (Å²) in [6.07, 6.45) is 0.612. The highest BCUT2D eigenvalue weighted by Crippen LogP contribution is 2.30. The van der Waals surface area contributed by atoms with Crippen molar-refractivity contribution in [2.45, 2.75) is 6.42 Å². The minimum absolute atomic E-state index is 0.148. The summed E-state index contributed by atoms with van der Waals surface area (Å²) in [5.41, 5.74) is 2.48. The predicted molar refractivity (Wildman–Crippen MR) is 132 cm³/mol. The molecule has 0 unspecified atom stereocenters. The number of fused-ring (bicyclic) bond motifs is 1. The van der Waals surface area contributed by atoms with Crippen LogP contribution in [0.2, 0.25) is 0 Å². The van der Waals surface area contributed by atoms with Crippen LogP contribution >= 0.6 is 0 Å². The first-order valence-electron chi connectivity index (χ1n) is 11.3. The number of methoxy groups -OCH3 is 1. The summed E-state index contributed by atoms with van der Waals surface area (Å²) in [5, 5.41) is 10.7. The molecule has 2 aromatic carbocycles. The molecule has 180 valence electrons. The van der Waals surface area contributed by atoms with E-state index >= 15 is 0 Å². The highest BCUT2D eigenvalue weighted by atomic mass is 32.2. The van der Waals surface area contributed by atoms with E-state index in [2.05, 4.69) is 25.3 Å². The highest BCUT2D eigenvalue weighted by molar-refractivity contribution is 7.93. The summed E-state index contributed by atoms with van der Waals surface area (Å²) in [4.78, 5) is 17.2. The molecule has 2 saturated heterocycles. The van der Waals surface area contributed by atoms with Gasteiger partial charge in [0, 0.05) is 43.8 Å². The number of nitrogens with one attached hydrogen (secondary N) is 2. The smallest absolute Gasteiger partial charge is 0.239 e. The van der Waals surface area contributed by atoms with Crippen molar-refractivity contribution in [3.05, 3.63) is 42.5 Å². The molecule has 0 radical (unpaired) electrons. The molecule has 10 nitrogen and oxygen atoms in total. The van der Waals surface area contributed by atoms with E-state index in [9.17, 15) is 13.2 Å². The lowest BCUT2D eigenvalue weighted by Crippen LogP contribution is -2.48. The Labute approximate surface area is 198 Å². The predicted octanol–water partition coefficient (Wildman–Crippen LogP) is 1.87. The van der Waals surface area contributed by atoms with Gasteiger partial charge in [0.2, 0.25) is 15.9 Å². The molecule has 2 fully saturated rings. The van der Waals surface area contributed by atoms with Crippen LogP contribution in [0.3, 0.4) is 0 Å². The Balaban J connectivity index is 1.20. The first-order valence-corrected chi connectivity index (χ1v) is 12.9. The van der Waals surface area contributed by atoms with E-state index < -0.39 is 10.0 Å². The third-order valence-electron chi connectivity index (χ3n) is 6.37. The van der Waals surface area contributed by atoms with Gasteiger partial charge >= 0.3 is 0 Å². The maximum absolute atomic E-state index is 12.7. The highest BCUT2D eigenvalue weighted by Gasteiger charge is 2.29. The van der Waals surface area contributed by atoms with Crippen molar-refractivity contribution < 1.29 is 17.9 Å². The Hall–Kier alpha value is -3.31. The lowest BCUT2D eigenvalue weighted by atomic mass is 10.2. The first-order chi connectivity index (χ1) is 16.4. The van der Waals surface area contributed by atoms with Gasteiger partial charge in [-0.2, -0.15) is 5.10 Å². The summed E-state index contributed by atoms with van der Waals surface area (Å²) in [6.45, 7) is 3.95. The number of carbonyl (C=O) groups is 1. The van der Waals surface area contributed by atoms with E-state index in [4.69, 9.17) is 4.74 Å². The van der Waals surface area contributed by atoms with Crippen LogP contribution in [0, 0.1) is 0 Å². The molecule has 0 aliphatic carbocycles. The minimum Gasteiger partial charge on any atom is -0.497 e. The van der Waals surface area contributed by atoms with E-state index in [1.807, 2.05) is 24.3 Å². The van der Waals surface area contributed by atoms with Crippen molar-refractivity contribution in [3.63, 3.8) is 0 Å². The standard InChI is InChI=1S/C23H28N6O4S/c1-33-19-6-3-17(4-7-19)28-12-10-27(11-13-28)16-22(30)24-23-20-15-18(5-8-21(20)25-26-23)29-9-2-14-34(29,31)32/h3-8,15H,2,9-14,16H2,1H3,(H2,24,25,26,30). The van der Waals surface area contributed by atoms with Gasteiger partial charge in [-0.25, -0.2) is 8.42 Å². The van der Waals surface area contributed by atoms with Crippen LogP contribution in [0.15, 0.2) is 42.5 Å². The van der Waals surface area contributed by atoms with E-state index in [1.165, 1.54) is 4.31 Å². The van der Waals surface area contributed by atoms with Crippen molar-refractivity contribution in [3.8, 4) is 5.75 Å². The number of sulfonamides is 1. The number of aromatic nitrogens is 2. The largest absolute Gasteiger partial charge is 0.497 e. The molecule has 3 aromatic rings. The van der Waals surface area contributed by atoms with Gasteiger partial charge in [0.1, 0.15) is 5.75 Å². The summed E-state index contributed by atoms with van der Waals surface area (Å²) in [5.74, 6) is 1.26. The SMILES string of the molecule is COc1ccc(N2CCN(CC(=O)Nc3n[nH]c4ccc(N5CCCS5(=O)=O)cc34)CC2)cc1. The lowest BCUT2D eigenvalue weighted by Gasteiger charge is -2.35. The van der Waals surface area contributed by atoms with Gasteiger partial charge in [-0.05, 0) is 48.9 Å². The van der Waals surface area contributed by atoms with Crippen LogP contribution in [0.5, 0.6) is 5.75 Å². The average Bonchev–Trinajstić information content (AvgIpc) is 3.41. The Morgan fingerprint density at radius 1 is 1.06 bits per heavy atom. The zero-order valence-electron chi connectivity index (χ0n) is 19.0. The molecule has 2 aliphatic rings. The first kappa shape index (κ1) is 22.5. The quantitative estimate of drug-likeness (QED) is 0.550. The number of hydrogen-bond donors (Lipinski definition) is 2. The molecule has 5 rings (SSSR count). The number of nitrogens with zero attached hydrogens (tertiary/aromatic N) is 4. The minimum atomic E-state index is -3.28. The number of anilines is 3. The Morgan fingerprint density at radius 2 is 1.79 bits per heavy atom. The summed E-state index contributed by atoms with van der Waals surface area (Å²) >= 11 is 0. The fourth-order valence-corrected chi connectivity index (χ4v) is 6.07. The number of aromatic amines is 1. The fraction of sp³-hybridized carbons (Fsp3) is 0.391. The molecule has 0 atom stereocenters. The number of H-pyrrole nitrogens is 1. The van der Waals surface area contributed by atoms with Gasteiger partial charge in [0.15, 0.2) is 5.82 Å². The van der Waals surface area contributed by atoms with Gasteiger partial charge in [-0.1, -0.05) is 0 Å². The zero-order chi connectivity index (χ0) is 23.7. The number of benzene rings is 2. The molecule has 2 N–H and O–H groups in total. The van der Waals surface area contributed by atoms with Gasteiger partial charge in [-0.15, -0.1) is 0 Å². The Kier molecular flexibility index (Phi) is 6.05. The average molecular weight is 485 g/mol. The van der Waals surface area contributed by atoms with Crippen LogP contribution in [0.1, 0.15) is 6.42 Å². The van der Waals surface area contributed by atoms with Crippen LogP contribution in [-0.2, 0) is 14.8 Å². The Bertz CT molecular complexity index is 1280. The Morgan fingerprint density at radius 3 is 2.47 bits per heavy atom. The lowest BCUT2D eigenvalue weighted by molar-refractivity contribution is -0.117. The second-order valence-corrected chi connectivity index (χ2v) is 10.6. The second kappa shape index (κ2) is 9.15. The van der Waals surface area contributed by atoms with Crippen LogP contribution < -0.4 is 19.3 Å². The maximum atomic E-state index is 12.7. The van der Waals surface area contributed by atoms with Crippen molar-refractivity contribution in [1.29, 1.82) is 0 Å². The van der Waals surface area contributed by atoms with Gasteiger partial charge < -0.3 is 15.0 Å². The number of piperazine rings is 1. The molecular weight excluding hydrogens is 456 g/mol. The van der Waals surface area contributed by atoms with Gasteiger partial charge in [0.05, 0.1) is 30.6 Å². The second-order valence-electron chi connectivity index (χ2n) is 8.55. The van der Waals surface area contributed by atoms with Gasteiger partial charge in [-0.3, -0.25) is 19.1 Å². The van der Waals surface area contributed by atoms with Crippen molar-refractivity contribution in [1.82, 2.24) is 15.1 Å². The molecule has 1 aromatic heterocycles. The molecule has 0 spiro atoms. The summed E-state index contributed by atoms with van der Waals surface area (Å²) in [6, 6.07) is 13.3. The van der Waals surface area contributed by atoms with Crippen LogP contribution in [0.25, 0.3) is 10.9 Å². The molecule has 34 heavy (non-hydrogen) atoms. The van der Waals surface area contributed by atoms with E-state index in [-0.39, 0.29) is 18.2 Å². The monoisotopic (exact) mass is 484 g/mol. The number of hydrogen-bond acceptors (Lipinski definition) is 7. The van der Waals surface area contributed by atoms with Crippen LogP contribution in [-0.4, -0.2) is 81.6 Å². The van der Waals surface area contributed by atoms with E-state index in [1.54, 1.807) is 25.3 Å². The van der Waals surface area contributed by atoms with Crippen molar-refractivity contribution >= 4 is 44.0 Å². The number of ether oxygens (including phenoxy) is 1. The maximum Gasteiger partial charge on any atom is 0.239 e. The third kappa shape index (κ3) is 4.53. The molecule has 2 aliphatic heterocycles. The molecule has 0 bridgehead atoms. The van der Waals surface area contributed by atoms with E-state index in [0.29, 0.717) is 29.9 Å². The molecular formula is C23H28N6O4S. The number of amides is 1. The number of carbonyl (C=O) groups excluding carboxylic acids is 1. The van der Waals surface area contributed by atoms with E-state index in [0.717, 1.165) is 43.1 Å². The van der Waals surface area contributed by atoms with Crippen molar-refractivity contribution in [2.24, 2.45) is 0 Å². The third-order valence-corrected chi connectivity index (χ3v) is 8.24. The normalized spacial score (nSPS) is 18.4. The van der Waals surface area contributed by atoms with Crippen LogP contribution in [0.4, 0.5) is 17.2 Å². The number of rotatable bonds is 6. The summed E-state index contributed by atoms with van der Waals surface area (Å²) in [7, 11) is -1.62. The summed E-state index contributed by atoms with van der Waals surface area (Å²) < 4.78 is 31.2. The topological polar surface area (TPSA) is 111 Å². The molecule has 3 heterocycles. The molecule has 1 amide bonds. The van der Waals surface area contributed by atoms with Gasteiger partial charge in [0.25, 0.3) is 0 Å². The van der Waals surface area contributed by atoms with Crippen molar-refractivity contribution in [2.75, 3.05) is 66.7 Å². The molecule has 11 heteroatoms. The molecule has 0 saturated carbocycles.